The van der Waals surface area contributed by atoms with Crippen molar-refractivity contribution >= 4 is 23.3 Å². The Morgan fingerprint density at radius 3 is 2.36 bits per heavy atom. The van der Waals surface area contributed by atoms with Gasteiger partial charge in [0.2, 0.25) is 0 Å². The van der Waals surface area contributed by atoms with Gasteiger partial charge in [0.25, 0.3) is 0 Å². The van der Waals surface area contributed by atoms with Gasteiger partial charge in [0.15, 0.2) is 5.78 Å². The first-order valence-corrected chi connectivity index (χ1v) is 15.7. The number of urea groups is 1. The van der Waals surface area contributed by atoms with E-state index in [4.69, 9.17) is 5.10 Å². The van der Waals surface area contributed by atoms with Gasteiger partial charge in [0.05, 0.1) is 17.9 Å². The fourth-order valence-corrected chi connectivity index (χ4v) is 6.70. The lowest BCUT2D eigenvalue weighted by atomic mass is 9.85. The Kier molecular flexibility index (Phi) is 8.36. The van der Waals surface area contributed by atoms with E-state index in [2.05, 4.69) is 60.3 Å². The third-order valence-corrected chi connectivity index (χ3v) is 9.00. The zero-order valence-electron chi connectivity index (χ0n) is 26.1. The largest absolute Gasteiger partial charge is 0.324 e. The summed E-state index contributed by atoms with van der Waals surface area (Å²) >= 11 is 0. The average molecular weight is 591 g/mol. The van der Waals surface area contributed by atoms with Crippen molar-refractivity contribution in [3.63, 3.8) is 0 Å². The Labute approximate surface area is 259 Å². The number of carbonyl (C=O) groups is 2. The highest BCUT2D eigenvalue weighted by Crippen LogP contribution is 2.40. The predicted molar refractivity (Wildman–Crippen MR) is 175 cm³/mol. The van der Waals surface area contributed by atoms with Crippen molar-refractivity contribution in [2.45, 2.75) is 77.3 Å². The van der Waals surface area contributed by atoms with Crippen LogP contribution in [0.5, 0.6) is 0 Å². The van der Waals surface area contributed by atoms with Crippen LogP contribution in [-0.2, 0) is 11.8 Å². The van der Waals surface area contributed by atoms with Crippen molar-refractivity contribution in [2.24, 2.45) is 5.92 Å². The normalized spacial score (nSPS) is 20.0. The SMILES string of the molecule is Cc1ccc(-n2nc(C(C)(C)C)cc2NC(=O)Nc2cccc(CC3CC4CCC(C3)N4CC(=O)c3cccnc3)c2)cc1. The molecule has 0 saturated carbocycles. The number of anilines is 2. The summed E-state index contributed by atoms with van der Waals surface area (Å²) in [6.45, 7) is 8.86. The number of pyridine rings is 1. The topological polar surface area (TPSA) is 92.2 Å². The lowest BCUT2D eigenvalue weighted by molar-refractivity contribution is 0.0744. The van der Waals surface area contributed by atoms with Gasteiger partial charge in [-0.1, -0.05) is 50.6 Å². The lowest BCUT2D eigenvalue weighted by Gasteiger charge is -2.38. The number of ketones is 1. The van der Waals surface area contributed by atoms with Crippen LogP contribution >= 0.6 is 0 Å². The zero-order valence-corrected chi connectivity index (χ0v) is 26.1. The van der Waals surface area contributed by atoms with Crippen molar-refractivity contribution in [3.05, 3.63) is 102 Å². The molecule has 228 valence electrons. The molecule has 2 aromatic heterocycles. The highest BCUT2D eigenvalue weighted by Gasteiger charge is 2.41. The van der Waals surface area contributed by atoms with Crippen LogP contribution in [0.3, 0.4) is 0 Å². The molecule has 0 spiro atoms. The summed E-state index contributed by atoms with van der Waals surface area (Å²) in [6.07, 6.45) is 8.82. The van der Waals surface area contributed by atoms with E-state index in [1.165, 1.54) is 11.1 Å². The molecule has 2 aliphatic heterocycles. The Morgan fingerprint density at radius 2 is 1.68 bits per heavy atom. The molecule has 8 heteroatoms. The maximum Gasteiger partial charge on any atom is 0.324 e. The summed E-state index contributed by atoms with van der Waals surface area (Å²) in [4.78, 5) is 32.6. The summed E-state index contributed by atoms with van der Waals surface area (Å²) in [7, 11) is 0. The predicted octanol–water partition coefficient (Wildman–Crippen LogP) is 7.19. The second-order valence-electron chi connectivity index (χ2n) is 13.5. The van der Waals surface area contributed by atoms with Crippen LogP contribution in [0.4, 0.5) is 16.3 Å². The zero-order chi connectivity index (χ0) is 30.8. The van der Waals surface area contributed by atoms with Gasteiger partial charge in [-0.2, -0.15) is 5.10 Å². The molecule has 0 radical (unpaired) electrons. The van der Waals surface area contributed by atoms with Crippen LogP contribution in [-0.4, -0.2) is 50.1 Å². The second-order valence-corrected chi connectivity index (χ2v) is 13.5. The molecule has 2 fully saturated rings. The van der Waals surface area contributed by atoms with Gasteiger partial charge in [-0.05, 0) is 86.9 Å². The number of nitrogens with one attached hydrogen (secondary N) is 2. The Balaban J connectivity index is 1.08. The van der Waals surface area contributed by atoms with Gasteiger partial charge in [0, 0.05) is 47.2 Å². The molecule has 6 rings (SSSR count). The van der Waals surface area contributed by atoms with Crippen molar-refractivity contribution in [1.29, 1.82) is 0 Å². The van der Waals surface area contributed by atoms with E-state index in [0.717, 1.165) is 49.2 Å². The van der Waals surface area contributed by atoms with Gasteiger partial charge >= 0.3 is 6.03 Å². The van der Waals surface area contributed by atoms with Gasteiger partial charge in [-0.25, -0.2) is 9.48 Å². The molecule has 44 heavy (non-hydrogen) atoms. The van der Waals surface area contributed by atoms with Crippen LogP contribution in [0.1, 0.15) is 73.6 Å². The third-order valence-electron chi connectivity index (χ3n) is 9.00. The van der Waals surface area contributed by atoms with E-state index in [0.29, 0.717) is 35.9 Å². The molecule has 2 atom stereocenters. The number of fused-ring (bicyclic) bond motifs is 2. The molecule has 4 heterocycles. The molecule has 2 saturated heterocycles. The van der Waals surface area contributed by atoms with E-state index in [9.17, 15) is 9.59 Å². The summed E-state index contributed by atoms with van der Waals surface area (Å²) < 4.78 is 1.79. The molecular weight excluding hydrogens is 548 g/mol. The summed E-state index contributed by atoms with van der Waals surface area (Å²) in [5, 5.41) is 10.9. The molecule has 2 aliphatic rings. The Bertz CT molecular complexity index is 1610. The van der Waals surface area contributed by atoms with E-state index < -0.39 is 0 Å². The van der Waals surface area contributed by atoms with Crippen LogP contribution < -0.4 is 10.6 Å². The highest BCUT2D eigenvalue weighted by atomic mass is 16.2. The Hall–Kier alpha value is -4.30. The first-order chi connectivity index (χ1) is 21.1. The standard InChI is InChI=1S/C36H42N6O2/c1-24-10-12-29(13-11-24)42-34(21-33(40-42)36(2,3)4)39-35(44)38-28-9-5-7-25(18-28)17-26-19-30-14-15-31(20-26)41(30)23-32(43)27-8-6-16-37-22-27/h5-13,16,18,21-22,26,30-31H,14-15,17,19-20,23H2,1-4H3,(H2,38,39,44). The molecule has 2 unspecified atom stereocenters. The Morgan fingerprint density at radius 1 is 0.932 bits per heavy atom. The molecule has 2 amide bonds. The number of carbonyl (C=O) groups excluding carboxylic acids is 2. The molecule has 8 nitrogen and oxygen atoms in total. The number of aromatic nitrogens is 3. The third kappa shape index (κ3) is 6.76. The van der Waals surface area contributed by atoms with Gasteiger partial charge in [-0.15, -0.1) is 0 Å². The molecule has 2 N–H and O–H groups in total. The summed E-state index contributed by atoms with van der Waals surface area (Å²) in [6, 6.07) is 22.5. The van der Waals surface area contributed by atoms with E-state index in [-0.39, 0.29) is 17.2 Å². The van der Waals surface area contributed by atoms with E-state index >= 15 is 0 Å². The fraction of sp³-hybridized carbons (Fsp3) is 0.389. The monoisotopic (exact) mass is 590 g/mol. The van der Waals surface area contributed by atoms with E-state index in [1.54, 1.807) is 17.1 Å². The number of Topliss-reactive ketones (excluding diaryl/α,β-unsaturated/α-hetero) is 1. The second kappa shape index (κ2) is 12.4. The van der Waals surface area contributed by atoms with Gasteiger partial charge in [-0.3, -0.25) is 20.0 Å². The number of nitrogens with zero attached hydrogens (tertiary/aromatic N) is 4. The minimum absolute atomic E-state index is 0.155. The number of rotatable bonds is 8. The minimum atomic E-state index is -0.305. The molecule has 4 aromatic rings. The summed E-state index contributed by atoms with van der Waals surface area (Å²) in [5.41, 5.74) is 5.46. The first kappa shape index (κ1) is 29.8. The number of amides is 2. The number of hydrogen-bond acceptors (Lipinski definition) is 5. The van der Waals surface area contributed by atoms with Crippen molar-refractivity contribution in [3.8, 4) is 5.69 Å². The van der Waals surface area contributed by atoms with Crippen LogP contribution in [0.25, 0.3) is 5.69 Å². The van der Waals surface area contributed by atoms with Crippen LogP contribution in [0.2, 0.25) is 0 Å². The van der Waals surface area contributed by atoms with Crippen molar-refractivity contribution < 1.29 is 9.59 Å². The van der Waals surface area contributed by atoms with Crippen molar-refractivity contribution in [1.82, 2.24) is 19.7 Å². The van der Waals surface area contributed by atoms with Crippen LogP contribution in [0.15, 0.2) is 79.1 Å². The average Bonchev–Trinajstić information content (AvgIpc) is 3.51. The number of piperidine rings is 1. The lowest BCUT2D eigenvalue weighted by Crippen LogP contribution is -2.45. The fourth-order valence-electron chi connectivity index (χ4n) is 6.70. The summed E-state index contributed by atoms with van der Waals surface area (Å²) in [5.74, 6) is 1.33. The number of aryl methyl sites for hydroxylation is 1. The highest BCUT2D eigenvalue weighted by molar-refractivity contribution is 5.99. The van der Waals surface area contributed by atoms with Gasteiger partial charge in [0.1, 0.15) is 5.82 Å². The molecule has 2 bridgehead atoms. The van der Waals surface area contributed by atoms with Gasteiger partial charge < -0.3 is 5.32 Å². The number of benzene rings is 2. The van der Waals surface area contributed by atoms with Crippen molar-refractivity contribution in [2.75, 3.05) is 17.2 Å². The maximum absolute atomic E-state index is 13.2. The molecule has 2 aromatic carbocycles. The molecular formula is C36H42N6O2. The first-order valence-electron chi connectivity index (χ1n) is 15.7. The number of hydrogen-bond donors (Lipinski definition) is 2. The molecule has 0 aliphatic carbocycles. The van der Waals surface area contributed by atoms with Crippen LogP contribution in [0, 0.1) is 12.8 Å². The quantitative estimate of drug-likeness (QED) is 0.212. The minimum Gasteiger partial charge on any atom is -0.308 e. The smallest absolute Gasteiger partial charge is 0.308 e. The maximum atomic E-state index is 13.2. The van der Waals surface area contributed by atoms with E-state index in [1.807, 2.05) is 54.6 Å².